The standard InChI is InChI=1S/C28H35N5O5/c1-19-25-5-9-33(15-20(25)2-3-27(19)37-17-24-14-29-18-38-24)16-23(34)13-31-28(35)26-12-22(4-8-30-26)32-21-6-10-36-11-7-21/h2-4,8,12,14,18,21,23,34H,5-7,9-11,13,15-17H2,1H3,(H,30,32)(H,31,35)/t23-/m0/s1. The van der Waals surface area contributed by atoms with Crippen LogP contribution in [0.3, 0.4) is 0 Å². The van der Waals surface area contributed by atoms with Crippen molar-refractivity contribution < 1.29 is 23.8 Å². The molecule has 0 aliphatic carbocycles. The summed E-state index contributed by atoms with van der Waals surface area (Å²) < 4.78 is 16.6. The van der Waals surface area contributed by atoms with Crippen molar-refractivity contribution in [2.45, 2.75) is 51.5 Å². The van der Waals surface area contributed by atoms with Crippen LogP contribution in [0.1, 0.15) is 45.8 Å². The van der Waals surface area contributed by atoms with Crippen LogP contribution in [-0.2, 0) is 24.3 Å². The van der Waals surface area contributed by atoms with Crippen molar-refractivity contribution in [3.8, 4) is 5.75 Å². The fourth-order valence-corrected chi connectivity index (χ4v) is 5.04. The summed E-state index contributed by atoms with van der Waals surface area (Å²) in [6.45, 7) is 6.12. The Labute approximate surface area is 222 Å². The first-order valence-electron chi connectivity index (χ1n) is 13.2. The molecule has 0 saturated carbocycles. The number of aliphatic hydroxyl groups excluding tert-OH is 1. The summed E-state index contributed by atoms with van der Waals surface area (Å²) in [5.74, 6) is 1.23. The number of hydrogen-bond donors (Lipinski definition) is 3. The van der Waals surface area contributed by atoms with E-state index in [1.54, 1.807) is 18.5 Å². The summed E-state index contributed by atoms with van der Waals surface area (Å²) in [6, 6.07) is 8.03. The predicted octanol–water partition coefficient (Wildman–Crippen LogP) is 2.70. The van der Waals surface area contributed by atoms with Gasteiger partial charge in [-0.3, -0.25) is 14.7 Å². The van der Waals surface area contributed by atoms with Gasteiger partial charge in [-0.2, -0.15) is 0 Å². The van der Waals surface area contributed by atoms with Gasteiger partial charge >= 0.3 is 0 Å². The molecule has 1 amide bonds. The second kappa shape index (κ2) is 12.4. The van der Waals surface area contributed by atoms with Crippen LogP contribution in [0.4, 0.5) is 5.69 Å². The summed E-state index contributed by atoms with van der Waals surface area (Å²) in [6.07, 6.45) is 6.74. The molecule has 38 heavy (non-hydrogen) atoms. The van der Waals surface area contributed by atoms with Crippen molar-refractivity contribution in [1.29, 1.82) is 0 Å². The normalized spacial score (nSPS) is 17.0. The Kier molecular flexibility index (Phi) is 8.52. The number of oxazole rings is 1. The topological polar surface area (TPSA) is 122 Å². The van der Waals surface area contributed by atoms with Crippen molar-refractivity contribution in [3.63, 3.8) is 0 Å². The molecule has 0 radical (unpaired) electrons. The number of nitrogens with zero attached hydrogens (tertiary/aromatic N) is 3. The minimum atomic E-state index is -0.686. The van der Waals surface area contributed by atoms with Crippen molar-refractivity contribution >= 4 is 11.6 Å². The van der Waals surface area contributed by atoms with Crippen LogP contribution in [-0.4, -0.2) is 70.9 Å². The number of carbonyl (C=O) groups is 1. The van der Waals surface area contributed by atoms with Gasteiger partial charge in [0.05, 0.1) is 12.3 Å². The molecular formula is C28H35N5O5. The lowest BCUT2D eigenvalue weighted by Gasteiger charge is -2.31. The largest absolute Gasteiger partial charge is 0.485 e. The predicted molar refractivity (Wildman–Crippen MR) is 141 cm³/mol. The van der Waals surface area contributed by atoms with Crippen molar-refractivity contribution in [2.75, 3.05) is 38.2 Å². The van der Waals surface area contributed by atoms with Gasteiger partial charge in [-0.1, -0.05) is 6.07 Å². The Morgan fingerprint density at radius 2 is 2.16 bits per heavy atom. The van der Waals surface area contributed by atoms with Crippen LogP contribution in [0.25, 0.3) is 0 Å². The minimum Gasteiger partial charge on any atom is -0.485 e. The third-order valence-electron chi connectivity index (χ3n) is 7.12. The number of anilines is 1. The molecule has 0 unspecified atom stereocenters. The van der Waals surface area contributed by atoms with Gasteiger partial charge < -0.3 is 29.6 Å². The highest BCUT2D eigenvalue weighted by Crippen LogP contribution is 2.30. The maximum absolute atomic E-state index is 12.7. The van der Waals surface area contributed by atoms with Crippen LogP contribution >= 0.6 is 0 Å². The number of ether oxygens (including phenoxy) is 2. The van der Waals surface area contributed by atoms with E-state index in [2.05, 4.69) is 38.5 Å². The highest BCUT2D eigenvalue weighted by atomic mass is 16.5. The average molecular weight is 522 g/mol. The molecule has 3 aromatic rings. The van der Waals surface area contributed by atoms with E-state index in [0.717, 1.165) is 62.6 Å². The van der Waals surface area contributed by atoms with Crippen LogP contribution < -0.4 is 15.4 Å². The number of aliphatic hydroxyl groups is 1. The van der Waals surface area contributed by atoms with Crippen LogP contribution in [0.5, 0.6) is 5.75 Å². The maximum atomic E-state index is 12.7. The maximum Gasteiger partial charge on any atom is 0.270 e. The molecule has 0 spiro atoms. The van der Waals surface area contributed by atoms with Crippen LogP contribution in [0.2, 0.25) is 0 Å². The second-order valence-corrected chi connectivity index (χ2v) is 9.89. The zero-order chi connectivity index (χ0) is 26.3. The zero-order valence-electron chi connectivity index (χ0n) is 21.7. The highest BCUT2D eigenvalue weighted by Gasteiger charge is 2.22. The number of fused-ring (bicyclic) bond motifs is 1. The van der Waals surface area contributed by atoms with E-state index >= 15 is 0 Å². The first-order valence-corrected chi connectivity index (χ1v) is 13.2. The molecule has 0 bridgehead atoms. The van der Waals surface area contributed by atoms with Crippen molar-refractivity contribution in [3.05, 3.63) is 71.2 Å². The van der Waals surface area contributed by atoms with Crippen LogP contribution in [0, 0.1) is 6.92 Å². The van der Waals surface area contributed by atoms with E-state index in [4.69, 9.17) is 13.9 Å². The van der Waals surface area contributed by atoms with Gasteiger partial charge in [-0.05, 0) is 61.1 Å². The van der Waals surface area contributed by atoms with E-state index in [0.29, 0.717) is 30.6 Å². The molecule has 1 atom stereocenters. The average Bonchev–Trinajstić information content (AvgIpc) is 3.46. The molecular weight excluding hydrogens is 486 g/mol. The smallest absolute Gasteiger partial charge is 0.270 e. The van der Waals surface area contributed by atoms with E-state index in [-0.39, 0.29) is 12.5 Å². The molecule has 4 heterocycles. The third-order valence-corrected chi connectivity index (χ3v) is 7.12. The Morgan fingerprint density at radius 3 is 2.97 bits per heavy atom. The second-order valence-electron chi connectivity index (χ2n) is 9.89. The molecule has 2 aliphatic heterocycles. The highest BCUT2D eigenvalue weighted by molar-refractivity contribution is 5.93. The van der Waals surface area contributed by atoms with Gasteiger partial charge in [0.2, 0.25) is 0 Å². The van der Waals surface area contributed by atoms with E-state index in [9.17, 15) is 9.90 Å². The molecule has 1 aromatic carbocycles. The number of carbonyl (C=O) groups excluding carboxylic acids is 1. The zero-order valence-corrected chi connectivity index (χ0v) is 21.7. The molecule has 3 N–H and O–H groups in total. The molecule has 2 aromatic heterocycles. The quantitative estimate of drug-likeness (QED) is 0.370. The number of nitrogens with one attached hydrogen (secondary N) is 2. The summed E-state index contributed by atoms with van der Waals surface area (Å²) in [5, 5.41) is 16.9. The van der Waals surface area contributed by atoms with E-state index < -0.39 is 6.10 Å². The summed E-state index contributed by atoms with van der Waals surface area (Å²) in [7, 11) is 0. The minimum absolute atomic E-state index is 0.162. The van der Waals surface area contributed by atoms with Gasteiger partial charge in [-0.15, -0.1) is 0 Å². The van der Waals surface area contributed by atoms with Crippen molar-refractivity contribution in [1.82, 2.24) is 20.2 Å². The van der Waals surface area contributed by atoms with Gasteiger partial charge in [-0.25, -0.2) is 4.98 Å². The Hall–Kier alpha value is -3.47. The summed E-state index contributed by atoms with van der Waals surface area (Å²) in [4.78, 5) is 23.0. The number of pyridine rings is 1. The summed E-state index contributed by atoms with van der Waals surface area (Å²) >= 11 is 0. The number of rotatable bonds is 10. The third kappa shape index (κ3) is 6.69. The fourth-order valence-electron chi connectivity index (χ4n) is 5.04. The first-order chi connectivity index (χ1) is 18.5. The SMILES string of the molecule is Cc1c(OCc2cnco2)ccc2c1CCN(C[C@@H](O)CNC(=O)c1cc(NC3CCOCC3)ccn1)C2. The summed E-state index contributed by atoms with van der Waals surface area (Å²) in [5.41, 5.74) is 4.86. The van der Waals surface area contributed by atoms with E-state index in [1.165, 1.54) is 17.5 Å². The monoisotopic (exact) mass is 521 g/mol. The van der Waals surface area contributed by atoms with Gasteiger partial charge in [0.25, 0.3) is 5.91 Å². The lowest BCUT2D eigenvalue weighted by molar-refractivity contribution is 0.0837. The first kappa shape index (κ1) is 26.1. The number of hydrogen-bond acceptors (Lipinski definition) is 9. The fraction of sp³-hybridized carbons (Fsp3) is 0.464. The van der Waals surface area contributed by atoms with Gasteiger partial charge in [0.1, 0.15) is 18.1 Å². The molecule has 5 rings (SSSR count). The molecule has 1 saturated heterocycles. The number of aromatic nitrogens is 2. The number of benzene rings is 1. The lowest BCUT2D eigenvalue weighted by Crippen LogP contribution is -2.42. The van der Waals surface area contributed by atoms with Gasteiger partial charge in [0, 0.05) is 57.3 Å². The lowest BCUT2D eigenvalue weighted by atomic mass is 9.94. The Morgan fingerprint density at radius 1 is 1.29 bits per heavy atom. The molecule has 2 aliphatic rings. The number of β-amino-alcohol motifs (C(OH)–C–C–N with tert-alkyl or cyclic N) is 1. The van der Waals surface area contributed by atoms with E-state index in [1.807, 2.05) is 12.1 Å². The van der Waals surface area contributed by atoms with Gasteiger partial charge in [0.15, 0.2) is 12.2 Å². The Balaban J connectivity index is 1.09. The number of amides is 1. The van der Waals surface area contributed by atoms with Crippen molar-refractivity contribution in [2.24, 2.45) is 0 Å². The van der Waals surface area contributed by atoms with Crippen LogP contribution in [0.15, 0.2) is 47.5 Å². The molecule has 10 heteroatoms. The Bertz CT molecular complexity index is 1210. The molecule has 1 fully saturated rings. The molecule has 10 nitrogen and oxygen atoms in total. The molecule has 202 valence electrons.